The van der Waals surface area contributed by atoms with E-state index in [0.29, 0.717) is 17.9 Å². The summed E-state index contributed by atoms with van der Waals surface area (Å²) in [5.41, 5.74) is 0.581. The number of nitrogens with one attached hydrogen (secondary N) is 2. The van der Waals surface area contributed by atoms with E-state index >= 15 is 0 Å². The minimum Gasteiger partial charge on any atom is -0.496 e. The molecule has 2 N–H and O–H groups in total. The molecule has 0 radical (unpaired) electrons. The van der Waals surface area contributed by atoms with Gasteiger partial charge in [-0.3, -0.25) is 0 Å². The molecule has 5 heteroatoms. The summed E-state index contributed by atoms with van der Waals surface area (Å²) in [6, 6.07) is 4.87. The minimum absolute atomic E-state index is 0.231. The van der Waals surface area contributed by atoms with Gasteiger partial charge in [0.25, 0.3) is 0 Å². The fourth-order valence-corrected chi connectivity index (χ4v) is 1.75. The third-order valence-electron chi connectivity index (χ3n) is 2.79. The van der Waals surface area contributed by atoms with Crippen LogP contribution in [-0.4, -0.2) is 40.5 Å². The van der Waals surface area contributed by atoms with Crippen LogP contribution in [-0.2, 0) is 11.3 Å². The highest BCUT2D eigenvalue weighted by Crippen LogP contribution is 2.20. The van der Waals surface area contributed by atoms with Crippen molar-refractivity contribution in [3.05, 3.63) is 29.6 Å². The van der Waals surface area contributed by atoms with E-state index in [1.54, 1.807) is 26.4 Å². The second-order valence-corrected chi connectivity index (χ2v) is 4.19. The van der Waals surface area contributed by atoms with Crippen LogP contribution in [0.2, 0.25) is 0 Å². The first-order valence-electron chi connectivity index (χ1n) is 6.51. The molecule has 0 amide bonds. The van der Waals surface area contributed by atoms with E-state index in [-0.39, 0.29) is 5.82 Å². The first-order valence-corrected chi connectivity index (χ1v) is 6.51. The monoisotopic (exact) mass is 270 g/mol. The molecule has 0 unspecified atom stereocenters. The third kappa shape index (κ3) is 6.00. The van der Waals surface area contributed by atoms with Gasteiger partial charge in [-0.2, -0.15) is 0 Å². The maximum atomic E-state index is 13.6. The highest BCUT2D eigenvalue weighted by atomic mass is 19.1. The number of hydrogen-bond acceptors (Lipinski definition) is 4. The largest absolute Gasteiger partial charge is 0.496 e. The summed E-state index contributed by atoms with van der Waals surface area (Å²) < 4.78 is 23.7. The zero-order valence-electron chi connectivity index (χ0n) is 11.7. The Balaban J connectivity index is 2.19. The lowest BCUT2D eigenvalue weighted by Gasteiger charge is -2.10. The van der Waals surface area contributed by atoms with Crippen LogP contribution in [0, 0.1) is 5.82 Å². The molecule has 0 bridgehead atoms. The summed E-state index contributed by atoms with van der Waals surface area (Å²) in [6.45, 7) is 3.81. The summed E-state index contributed by atoms with van der Waals surface area (Å²) >= 11 is 0. The molecule has 4 nitrogen and oxygen atoms in total. The van der Waals surface area contributed by atoms with Crippen LogP contribution in [0.5, 0.6) is 5.75 Å². The number of halogens is 1. The first kappa shape index (κ1) is 15.9. The Hall–Kier alpha value is -1.17. The number of methoxy groups -OCH3 is 2. The van der Waals surface area contributed by atoms with Crippen LogP contribution < -0.4 is 15.4 Å². The molecule has 1 aromatic rings. The second kappa shape index (κ2) is 9.72. The molecule has 0 saturated heterocycles. The lowest BCUT2D eigenvalue weighted by molar-refractivity contribution is 0.199. The molecule has 19 heavy (non-hydrogen) atoms. The zero-order chi connectivity index (χ0) is 13.9. The molecule has 0 saturated carbocycles. The van der Waals surface area contributed by atoms with E-state index in [2.05, 4.69) is 10.6 Å². The predicted molar refractivity (Wildman–Crippen MR) is 74.0 cm³/mol. The molecule has 0 heterocycles. The third-order valence-corrected chi connectivity index (χ3v) is 2.79. The van der Waals surface area contributed by atoms with Crippen molar-refractivity contribution in [1.29, 1.82) is 0 Å². The molecule has 0 aliphatic heterocycles. The van der Waals surface area contributed by atoms with Crippen LogP contribution in [0.25, 0.3) is 0 Å². The van der Waals surface area contributed by atoms with Gasteiger partial charge in [0.05, 0.1) is 13.7 Å². The summed E-state index contributed by atoms with van der Waals surface area (Å²) in [6.07, 6.45) is 0.987. The number of hydrogen-bond donors (Lipinski definition) is 2. The van der Waals surface area contributed by atoms with Gasteiger partial charge >= 0.3 is 0 Å². The van der Waals surface area contributed by atoms with Gasteiger partial charge in [-0.05, 0) is 31.6 Å². The van der Waals surface area contributed by atoms with Crippen LogP contribution >= 0.6 is 0 Å². The smallest absolute Gasteiger partial charge is 0.131 e. The van der Waals surface area contributed by atoms with Crippen molar-refractivity contribution in [1.82, 2.24) is 10.6 Å². The Morgan fingerprint density at radius 1 is 1.11 bits per heavy atom. The lowest BCUT2D eigenvalue weighted by Crippen LogP contribution is -2.24. The van der Waals surface area contributed by atoms with E-state index in [0.717, 1.165) is 32.7 Å². The molecule has 1 aromatic carbocycles. The number of rotatable bonds is 10. The number of ether oxygens (including phenoxy) is 2. The molecule has 0 aliphatic carbocycles. The van der Waals surface area contributed by atoms with Crippen molar-refractivity contribution in [3.63, 3.8) is 0 Å². The highest BCUT2D eigenvalue weighted by molar-refractivity contribution is 5.34. The van der Waals surface area contributed by atoms with Crippen LogP contribution in [0.3, 0.4) is 0 Å². The van der Waals surface area contributed by atoms with Gasteiger partial charge in [0, 0.05) is 25.8 Å². The van der Waals surface area contributed by atoms with Gasteiger partial charge in [0.1, 0.15) is 11.6 Å². The predicted octanol–water partition coefficient (Wildman–Crippen LogP) is 1.55. The molecular weight excluding hydrogens is 247 g/mol. The molecule has 108 valence electrons. The van der Waals surface area contributed by atoms with E-state index < -0.39 is 0 Å². The van der Waals surface area contributed by atoms with Crippen molar-refractivity contribution < 1.29 is 13.9 Å². The second-order valence-electron chi connectivity index (χ2n) is 4.19. The Bertz CT molecular complexity index is 361. The summed E-state index contributed by atoms with van der Waals surface area (Å²) in [7, 11) is 3.24. The maximum Gasteiger partial charge on any atom is 0.131 e. The molecule has 0 atom stereocenters. The van der Waals surface area contributed by atoms with Crippen LogP contribution in [0.4, 0.5) is 4.39 Å². The zero-order valence-corrected chi connectivity index (χ0v) is 11.7. The lowest BCUT2D eigenvalue weighted by atomic mass is 10.2. The first-order chi connectivity index (χ1) is 9.29. The van der Waals surface area contributed by atoms with Gasteiger partial charge in [0.2, 0.25) is 0 Å². The minimum atomic E-state index is -0.231. The maximum absolute atomic E-state index is 13.6. The van der Waals surface area contributed by atoms with Crippen molar-refractivity contribution in [2.45, 2.75) is 13.0 Å². The molecule has 0 aliphatic rings. The van der Waals surface area contributed by atoms with E-state index in [1.807, 2.05) is 0 Å². The molecular formula is C14H23FN2O2. The average molecular weight is 270 g/mol. The molecule has 0 aromatic heterocycles. The number of benzene rings is 1. The topological polar surface area (TPSA) is 42.5 Å². The highest BCUT2D eigenvalue weighted by Gasteiger charge is 2.07. The van der Waals surface area contributed by atoms with E-state index in [1.165, 1.54) is 6.07 Å². The van der Waals surface area contributed by atoms with Crippen molar-refractivity contribution in [2.24, 2.45) is 0 Å². The summed E-state index contributed by atoms with van der Waals surface area (Å²) in [5, 5.41) is 6.47. The van der Waals surface area contributed by atoms with Crippen molar-refractivity contribution in [3.8, 4) is 5.75 Å². The van der Waals surface area contributed by atoms with Crippen LogP contribution in [0.15, 0.2) is 18.2 Å². The van der Waals surface area contributed by atoms with E-state index in [9.17, 15) is 4.39 Å². The molecule has 1 rings (SSSR count). The Morgan fingerprint density at radius 2 is 1.89 bits per heavy atom. The average Bonchev–Trinajstić information content (AvgIpc) is 2.43. The SMILES string of the molecule is COCCNCCCNCc1c(F)cccc1OC. The Kier molecular flexibility index (Phi) is 8.13. The fraction of sp³-hybridized carbons (Fsp3) is 0.571. The van der Waals surface area contributed by atoms with Crippen LogP contribution in [0.1, 0.15) is 12.0 Å². The Labute approximate surface area is 114 Å². The van der Waals surface area contributed by atoms with Crippen molar-refractivity contribution >= 4 is 0 Å². The summed E-state index contributed by atoms with van der Waals surface area (Å²) in [5.74, 6) is 0.357. The summed E-state index contributed by atoms with van der Waals surface area (Å²) in [4.78, 5) is 0. The fourth-order valence-electron chi connectivity index (χ4n) is 1.75. The quantitative estimate of drug-likeness (QED) is 0.633. The molecule has 0 spiro atoms. The van der Waals surface area contributed by atoms with Gasteiger partial charge < -0.3 is 20.1 Å². The van der Waals surface area contributed by atoms with Crippen molar-refractivity contribution in [2.75, 3.05) is 40.5 Å². The van der Waals surface area contributed by atoms with Gasteiger partial charge in [-0.15, -0.1) is 0 Å². The molecule has 0 fully saturated rings. The van der Waals surface area contributed by atoms with Gasteiger partial charge in [0.15, 0.2) is 0 Å². The Morgan fingerprint density at radius 3 is 2.63 bits per heavy atom. The normalized spacial score (nSPS) is 10.7. The van der Waals surface area contributed by atoms with Gasteiger partial charge in [-0.25, -0.2) is 4.39 Å². The van der Waals surface area contributed by atoms with Gasteiger partial charge in [-0.1, -0.05) is 6.07 Å². The van der Waals surface area contributed by atoms with E-state index in [4.69, 9.17) is 9.47 Å². The standard InChI is InChI=1S/C14H23FN2O2/c1-18-10-9-16-7-4-8-17-11-12-13(15)5-3-6-14(12)19-2/h3,5-6,16-17H,4,7-11H2,1-2H3.